The van der Waals surface area contributed by atoms with Crippen LogP contribution in [0.1, 0.15) is 31.9 Å². The van der Waals surface area contributed by atoms with Gasteiger partial charge in [-0.05, 0) is 43.9 Å². The average molecular weight is 217 g/mol. The Morgan fingerprint density at radius 1 is 1.44 bits per heavy atom. The molecule has 2 atom stereocenters. The normalized spacial score (nSPS) is 29.2. The lowest BCUT2D eigenvalue weighted by atomic mass is 9.92. The average Bonchev–Trinajstić information content (AvgIpc) is 2.91. The van der Waals surface area contributed by atoms with Crippen molar-refractivity contribution in [2.24, 2.45) is 17.8 Å². The van der Waals surface area contributed by atoms with Crippen molar-refractivity contribution in [2.75, 3.05) is 5.32 Å². The fraction of sp³-hybridized carbons (Fsp3) is 0.615. The number of aromatic nitrogens is 2. The number of hydrogen-bond donors (Lipinski definition) is 2. The molecule has 1 unspecified atom stereocenters. The predicted octanol–water partition coefficient (Wildman–Crippen LogP) is 3.08. The number of nitrogens with one attached hydrogen (secondary N) is 2. The molecule has 3 heteroatoms. The van der Waals surface area contributed by atoms with Crippen LogP contribution in [-0.4, -0.2) is 10.2 Å². The quantitative estimate of drug-likeness (QED) is 0.817. The summed E-state index contributed by atoms with van der Waals surface area (Å²) >= 11 is 0. The van der Waals surface area contributed by atoms with Gasteiger partial charge in [-0.25, -0.2) is 0 Å². The Morgan fingerprint density at radius 2 is 2.25 bits per heavy atom. The summed E-state index contributed by atoms with van der Waals surface area (Å²) in [6.45, 7) is 4.37. The lowest BCUT2D eigenvalue weighted by Gasteiger charge is -2.13. The van der Waals surface area contributed by atoms with Crippen LogP contribution in [-0.2, 0) is 0 Å². The molecule has 0 aliphatic heterocycles. The van der Waals surface area contributed by atoms with E-state index in [2.05, 4.69) is 34.6 Å². The molecule has 86 valence electrons. The van der Waals surface area contributed by atoms with Crippen molar-refractivity contribution in [1.29, 1.82) is 0 Å². The molecule has 3 nitrogen and oxygen atoms in total. The molecule has 1 fully saturated rings. The van der Waals surface area contributed by atoms with E-state index >= 15 is 0 Å². The topological polar surface area (TPSA) is 40.7 Å². The molecule has 1 saturated carbocycles. The molecule has 1 aromatic heterocycles. The number of anilines is 1. The van der Waals surface area contributed by atoms with E-state index in [1.165, 1.54) is 25.0 Å². The van der Waals surface area contributed by atoms with Crippen molar-refractivity contribution < 1.29 is 0 Å². The first-order valence-electron chi connectivity index (χ1n) is 6.22. The molecule has 0 amide bonds. The second-order valence-corrected chi connectivity index (χ2v) is 5.32. The van der Waals surface area contributed by atoms with E-state index in [-0.39, 0.29) is 0 Å². The molecular formula is C13H19N3. The molecule has 1 heterocycles. The highest BCUT2D eigenvalue weighted by Gasteiger charge is 2.37. The Hall–Kier alpha value is -1.25. The molecule has 2 aliphatic rings. The zero-order valence-corrected chi connectivity index (χ0v) is 9.96. The van der Waals surface area contributed by atoms with Crippen molar-refractivity contribution in [3.8, 4) is 0 Å². The van der Waals surface area contributed by atoms with Crippen LogP contribution in [0.4, 0.5) is 5.82 Å². The van der Waals surface area contributed by atoms with Gasteiger partial charge in [-0.1, -0.05) is 13.0 Å². The molecule has 1 aromatic rings. The monoisotopic (exact) mass is 217 g/mol. The Kier molecular flexibility index (Phi) is 2.27. The van der Waals surface area contributed by atoms with Gasteiger partial charge in [-0.3, -0.25) is 5.10 Å². The van der Waals surface area contributed by atoms with Gasteiger partial charge < -0.3 is 5.32 Å². The van der Waals surface area contributed by atoms with Gasteiger partial charge in [0.1, 0.15) is 0 Å². The number of aryl methyl sites for hydroxylation is 1. The van der Waals surface area contributed by atoms with Gasteiger partial charge in [0.15, 0.2) is 5.82 Å². The number of rotatable bonds is 3. The molecule has 16 heavy (non-hydrogen) atoms. The number of nitrogens with zero attached hydrogens (tertiary/aromatic N) is 1. The molecule has 3 rings (SSSR count). The Morgan fingerprint density at radius 3 is 2.88 bits per heavy atom. The molecule has 2 N–H and O–H groups in total. The van der Waals surface area contributed by atoms with Crippen molar-refractivity contribution in [1.82, 2.24) is 10.2 Å². The van der Waals surface area contributed by atoms with Crippen LogP contribution >= 0.6 is 0 Å². The summed E-state index contributed by atoms with van der Waals surface area (Å²) in [5.41, 5.74) is 2.46. The molecule has 0 spiro atoms. The molecule has 0 radical (unpaired) electrons. The van der Waals surface area contributed by atoms with Gasteiger partial charge in [-0.2, -0.15) is 5.10 Å². The number of allylic oxidation sites excluding steroid dienone is 2. The van der Waals surface area contributed by atoms with Gasteiger partial charge in [0.25, 0.3) is 0 Å². The van der Waals surface area contributed by atoms with Gasteiger partial charge >= 0.3 is 0 Å². The first kappa shape index (κ1) is 9.94. The standard InChI is InChI=1S/C13H19N3/c1-8-5-11(7-12(8)10-3-4-10)14-13-6-9(2)15-16-13/h5-6,8,10,12H,3-4,7H2,1-2H3,(H2,14,15,16)/t8-,12?/m1/s1. The summed E-state index contributed by atoms with van der Waals surface area (Å²) in [5, 5.41) is 10.6. The van der Waals surface area contributed by atoms with Gasteiger partial charge in [0.05, 0.1) is 0 Å². The maximum atomic E-state index is 4.21. The fourth-order valence-corrected chi connectivity index (χ4v) is 2.81. The van der Waals surface area contributed by atoms with E-state index in [1.807, 2.05) is 6.92 Å². The van der Waals surface area contributed by atoms with Crippen LogP contribution in [0, 0.1) is 24.7 Å². The maximum absolute atomic E-state index is 4.21. The van der Waals surface area contributed by atoms with Crippen LogP contribution in [0.3, 0.4) is 0 Å². The highest BCUT2D eigenvalue weighted by atomic mass is 15.2. The minimum atomic E-state index is 0.732. The Labute approximate surface area is 96.3 Å². The molecular weight excluding hydrogens is 198 g/mol. The summed E-state index contributed by atoms with van der Waals surface area (Å²) in [6.07, 6.45) is 6.47. The fourth-order valence-electron chi connectivity index (χ4n) is 2.81. The van der Waals surface area contributed by atoms with Crippen LogP contribution in [0.5, 0.6) is 0 Å². The molecule has 0 bridgehead atoms. The summed E-state index contributed by atoms with van der Waals surface area (Å²) < 4.78 is 0. The predicted molar refractivity (Wildman–Crippen MR) is 65.0 cm³/mol. The smallest absolute Gasteiger partial charge is 0.152 e. The Balaban J connectivity index is 1.66. The largest absolute Gasteiger partial charge is 0.343 e. The van der Waals surface area contributed by atoms with E-state index in [4.69, 9.17) is 0 Å². The highest BCUT2D eigenvalue weighted by Crippen LogP contribution is 2.47. The minimum absolute atomic E-state index is 0.732. The first-order chi connectivity index (χ1) is 7.72. The highest BCUT2D eigenvalue weighted by molar-refractivity contribution is 5.43. The van der Waals surface area contributed by atoms with E-state index in [1.54, 1.807) is 0 Å². The van der Waals surface area contributed by atoms with Gasteiger partial charge in [0.2, 0.25) is 0 Å². The summed E-state index contributed by atoms with van der Waals surface area (Å²) in [7, 11) is 0. The third-order valence-electron chi connectivity index (χ3n) is 3.82. The van der Waals surface area contributed by atoms with E-state index < -0.39 is 0 Å². The van der Waals surface area contributed by atoms with Gasteiger partial charge in [0, 0.05) is 17.5 Å². The number of hydrogen-bond acceptors (Lipinski definition) is 2. The second-order valence-electron chi connectivity index (χ2n) is 5.32. The third kappa shape index (κ3) is 1.86. The van der Waals surface area contributed by atoms with Crippen molar-refractivity contribution in [2.45, 2.75) is 33.1 Å². The first-order valence-corrected chi connectivity index (χ1v) is 6.22. The summed E-state index contributed by atoms with van der Waals surface area (Å²) in [4.78, 5) is 0. The lowest BCUT2D eigenvalue weighted by molar-refractivity contribution is 0.396. The number of aromatic amines is 1. The SMILES string of the molecule is Cc1cc(NC2=C[C@@H](C)C(C3CC3)C2)n[nH]1. The summed E-state index contributed by atoms with van der Waals surface area (Å²) in [5.74, 6) is 3.55. The summed E-state index contributed by atoms with van der Waals surface area (Å²) in [6, 6.07) is 2.05. The second kappa shape index (κ2) is 3.65. The Bertz CT molecular complexity index is 415. The van der Waals surface area contributed by atoms with Gasteiger partial charge in [-0.15, -0.1) is 0 Å². The minimum Gasteiger partial charge on any atom is -0.343 e. The van der Waals surface area contributed by atoms with E-state index in [0.29, 0.717) is 0 Å². The van der Waals surface area contributed by atoms with E-state index in [9.17, 15) is 0 Å². The van der Waals surface area contributed by atoms with Crippen molar-refractivity contribution in [3.63, 3.8) is 0 Å². The number of H-pyrrole nitrogens is 1. The third-order valence-corrected chi connectivity index (χ3v) is 3.82. The van der Waals surface area contributed by atoms with Crippen LogP contribution < -0.4 is 5.32 Å². The van der Waals surface area contributed by atoms with E-state index in [0.717, 1.165) is 29.3 Å². The molecule has 0 aromatic carbocycles. The van der Waals surface area contributed by atoms with Crippen LogP contribution in [0.15, 0.2) is 17.8 Å². The lowest BCUT2D eigenvalue weighted by Crippen LogP contribution is -2.07. The zero-order valence-electron chi connectivity index (χ0n) is 9.96. The van der Waals surface area contributed by atoms with Crippen molar-refractivity contribution in [3.05, 3.63) is 23.5 Å². The maximum Gasteiger partial charge on any atom is 0.152 e. The zero-order chi connectivity index (χ0) is 11.1. The van der Waals surface area contributed by atoms with Crippen LogP contribution in [0.25, 0.3) is 0 Å². The van der Waals surface area contributed by atoms with Crippen molar-refractivity contribution >= 4 is 5.82 Å². The molecule has 2 aliphatic carbocycles. The molecule has 0 saturated heterocycles. The van der Waals surface area contributed by atoms with Crippen LogP contribution in [0.2, 0.25) is 0 Å².